The molecule has 0 saturated carbocycles. The van der Waals surface area contributed by atoms with Crippen LogP contribution in [0.4, 0.5) is 0 Å². The van der Waals surface area contributed by atoms with Gasteiger partial charge in [0.2, 0.25) is 0 Å². The molecule has 1 rings (SSSR count). The summed E-state index contributed by atoms with van der Waals surface area (Å²) in [4.78, 5) is 2.62. The van der Waals surface area contributed by atoms with E-state index in [4.69, 9.17) is 4.74 Å². The first kappa shape index (κ1) is 14.9. The van der Waals surface area contributed by atoms with Crippen molar-refractivity contribution in [3.05, 3.63) is 0 Å². The van der Waals surface area contributed by atoms with Crippen LogP contribution in [0.15, 0.2) is 0 Å². The summed E-state index contributed by atoms with van der Waals surface area (Å²) in [6.45, 7) is 14.1. The molecule has 1 aliphatic rings. The summed E-state index contributed by atoms with van der Waals surface area (Å²) in [5.74, 6) is 0.715. The Labute approximate surface area is 107 Å². The van der Waals surface area contributed by atoms with E-state index in [0.717, 1.165) is 26.3 Å². The largest absolute Gasteiger partial charge is 0.380 e. The first-order valence-electron chi connectivity index (χ1n) is 7.24. The van der Waals surface area contributed by atoms with E-state index in [1.807, 2.05) is 0 Å². The van der Waals surface area contributed by atoms with Crippen molar-refractivity contribution in [2.45, 2.75) is 52.6 Å². The van der Waals surface area contributed by atoms with Gasteiger partial charge >= 0.3 is 0 Å². The predicted octanol–water partition coefficient (Wildman–Crippen LogP) is 2.12. The van der Waals surface area contributed by atoms with Crippen LogP contribution in [-0.2, 0) is 4.74 Å². The highest BCUT2D eigenvalue weighted by Gasteiger charge is 2.28. The molecule has 1 N–H and O–H groups in total. The van der Waals surface area contributed by atoms with E-state index in [1.165, 1.54) is 19.4 Å². The van der Waals surface area contributed by atoms with Gasteiger partial charge in [-0.25, -0.2) is 0 Å². The molecule has 1 aliphatic heterocycles. The van der Waals surface area contributed by atoms with Crippen LogP contribution in [0, 0.1) is 5.92 Å². The number of piperazine rings is 1. The van der Waals surface area contributed by atoms with Crippen LogP contribution in [0.25, 0.3) is 0 Å². The molecule has 0 amide bonds. The van der Waals surface area contributed by atoms with E-state index in [0.29, 0.717) is 18.0 Å². The Morgan fingerprint density at radius 1 is 1.35 bits per heavy atom. The maximum atomic E-state index is 5.50. The molecule has 2 unspecified atom stereocenters. The van der Waals surface area contributed by atoms with E-state index in [-0.39, 0.29) is 0 Å². The number of hydrogen-bond donors (Lipinski definition) is 1. The van der Waals surface area contributed by atoms with Gasteiger partial charge in [0.25, 0.3) is 0 Å². The molecule has 1 fully saturated rings. The smallest absolute Gasteiger partial charge is 0.0593 e. The molecular formula is C14H30N2O. The molecule has 3 nitrogen and oxygen atoms in total. The number of ether oxygens (including phenoxy) is 1. The van der Waals surface area contributed by atoms with Gasteiger partial charge in [-0.1, -0.05) is 27.2 Å². The molecule has 0 aromatic heterocycles. The number of nitrogens with one attached hydrogen (secondary N) is 1. The molecule has 1 saturated heterocycles. The van der Waals surface area contributed by atoms with E-state index in [1.54, 1.807) is 0 Å². The maximum Gasteiger partial charge on any atom is 0.0593 e. The van der Waals surface area contributed by atoms with Crippen LogP contribution in [0.5, 0.6) is 0 Å². The fourth-order valence-corrected chi connectivity index (χ4v) is 2.68. The van der Waals surface area contributed by atoms with Crippen molar-refractivity contribution in [1.82, 2.24) is 10.2 Å². The van der Waals surface area contributed by atoms with Crippen molar-refractivity contribution in [1.29, 1.82) is 0 Å². The van der Waals surface area contributed by atoms with Crippen LogP contribution >= 0.6 is 0 Å². The number of rotatable bonds is 7. The predicted molar refractivity (Wildman–Crippen MR) is 73.4 cm³/mol. The van der Waals surface area contributed by atoms with Crippen LogP contribution < -0.4 is 5.32 Å². The fraction of sp³-hybridized carbons (Fsp3) is 1.00. The van der Waals surface area contributed by atoms with Gasteiger partial charge in [0.1, 0.15) is 0 Å². The third-order valence-electron chi connectivity index (χ3n) is 3.67. The zero-order chi connectivity index (χ0) is 12.7. The summed E-state index contributed by atoms with van der Waals surface area (Å²) in [6.07, 6.45) is 2.55. The molecule has 2 atom stereocenters. The van der Waals surface area contributed by atoms with Crippen LogP contribution in [-0.4, -0.2) is 49.8 Å². The van der Waals surface area contributed by atoms with E-state index < -0.39 is 0 Å². The van der Waals surface area contributed by atoms with Crippen molar-refractivity contribution >= 4 is 0 Å². The van der Waals surface area contributed by atoms with Gasteiger partial charge in [-0.15, -0.1) is 0 Å². The molecule has 3 heteroatoms. The highest BCUT2D eigenvalue weighted by Crippen LogP contribution is 2.16. The highest BCUT2D eigenvalue weighted by molar-refractivity contribution is 4.87. The van der Waals surface area contributed by atoms with Crippen molar-refractivity contribution in [3.8, 4) is 0 Å². The molecular weight excluding hydrogens is 212 g/mol. The Morgan fingerprint density at radius 2 is 2.12 bits per heavy atom. The summed E-state index contributed by atoms with van der Waals surface area (Å²) in [7, 11) is 0. The van der Waals surface area contributed by atoms with Crippen molar-refractivity contribution in [3.63, 3.8) is 0 Å². The normalized spacial score (nSPS) is 26.6. The van der Waals surface area contributed by atoms with Gasteiger partial charge in [0, 0.05) is 38.3 Å². The molecule has 0 aromatic rings. The average molecular weight is 242 g/mol. The van der Waals surface area contributed by atoms with Gasteiger partial charge in [-0.3, -0.25) is 4.90 Å². The van der Waals surface area contributed by atoms with Gasteiger partial charge < -0.3 is 10.1 Å². The molecule has 17 heavy (non-hydrogen) atoms. The Kier molecular flexibility index (Phi) is 7.09. The quantitative estimate of drug-likeness (QED) is 0.692. The lowest BCUT2D eigenvalue weighted by molar-refractivity contribution is 0.0527. The molecule has 0 aliphatic carbocycles. The minimum Gasteiger partial charge on any atom is -0.380 e. The lowest BCUT2D eigenvalue weighted by Gasteiger charge is -2.42. The summed E-state index contributed by atoms with van der Waals surface area (Å²) in [6, 6.07) is 1.35. The molecule has 0 bridgehead atoms. The number of hydrogen-bond acceptors (Lipinski definition) is 3. The first-order chi connectivity index (χ1) is 8.19. The third kappa shape index (κ3) is 4.94. The zero-order valence-electron chi connectivity index (χ0n) is 12.0. The van der Waals surface area contributed by atoms with Crippen molar-refractivity contribution < 1.29 is 4.74 Å². The monoisotopic (exact) mass is 242 g/mol. The Bertz CT molecular complexity index is 197. The minimum absolute atomic E-state index is 0.670. The molecule has 1 heterocycles. The lowest BCUT2D eigenvalue weighted by Crippen LogP contribution is -2.58. The maximum absolute atomic E-state index is 5.50. The minimum atomic E-state index is 0.670. The lowest BCUT2D eigenvalue weighted by atomic mass is 9.97. The second-order valence-electron chi connectivity index (χ2n) is 5.40. The molecule has 0 aromatic carbocycles. The third-order valence-corrected chi connectivity index (χ3v) is 3.67. The molecule has 102 valence electrons. The summed E-state index contributed by atoms with van der Waals surface area (Å²) < 4.78 is 5.50. The highest BCUT2D eigenvalue weighted by atomic mass is 16.5. The summed E-state index contributed by atoms with van der Waals surface area (Å²) in [5, 5.41) is 3.69. The van der Waals surface area contributed by atoms with Crippen molar-refractivity contribution in [2.75, 3.05) is 32.8 Å². The molecule has 0 spiro atoms. The van der Waals surface area contributed by atoms with E-state index >= 15 is 0 Å². The van der Waals surface area contributed by atoms with Gasteiger partial charge in [0.05, 0.1) is 6.61 Å². The Hall–Kier alpha value is -0.120. The summed E-state index contributed by atoms with van der Waals surface area (Å²) >= 11 is 0. The van der Waals surface area contributed by atoms with E-state index in [9.17, 15) is 0 Å². The van der Waals surface area contributed by atoms with Crippen LogP contribution in [0.2, 0.25) is 0 Å². The van der Waals surface area contributed by atoms with E-state index in [2.05, 4.69) is 37.9 Å². The SMILES string of the molecule is CCCC1CN(CCOCC)C(C(C)C)CN1. The Morgan fingerprint density at radius 3 is 2.71 bits per heavy atom. The average Bonchev–Trinajstić information content (AvgIpc) is 2.30. The Balaban J connectivity index is 2.44. The fourth-order valence-electron chi connectivity index (χ4n) is 2.68. The summed E-state index contributed by atoms with van der Waals surface area (Å²) in [5.41, 5.74) is 0. The first-order valence-corrected chi connectivity index (χ1v) is 7.24. The zero-order valence-corrected chi connectivity index (χ0v) is 12.0. The van der Waals surface area contributed by atoms with Crippen LogP contribution in [0.3, 0.4) is 0 Å². The standard InChI is InChI=1S/C14H30N2O/c1-5-7-13-11-16(8-9-17-6-2)14(10-15-13)12(3)4/h12-15H,5-11H2,1-4H3. The van der Waals surface area contributed by atoms with Gasteiger partial charge in [-0.2, -0.15) is 0 Å². The van der Waals surface area contributed by atoms with Gasteiger partial charge in [0.15, 0.2) is 0 Å². The topological polar surface area (TPSA) is 24.5 Å². The second-order valence-corrected chi connectivity index (χ2v) is 5.40. The van der Waals surface area contributed by atoms with Crippen LogP contribution in [0.1, 0.15) is 40.5 Å². The van der Waals surface area contributed by atoms with Gasteiger partial charge in [-0.05, 0) is 19.3 Å². The second kappa shape index (κ2) is 8.06. The van der Waals surface area contributed by atoms with Crippen molar-refractivity contribution in [2.24, 2.45) is 5.92 Å². The number of nitrogens with zero attached hydrogens (tertiary/aromatic N) is 1. The molecule has 0 radical (unpaired) electrons.